The van der Waals surface area contributed by atoms with Gasteiger partial charge in [0.1, 0.15) is 18.8 Å². The summed E-state index contributed by atoms with van der Waals surface area (Å²) in [5.41, 5.74) is 0. The van der Waals surface area contributed by atoms with E-state index >= 15 is 0 Å². The fraction of sp³-hybridized carbons (Fsp3) is 0.933. The van der Waals surface area contributed by atoms with Crippen LogP contribution >= 0.6 is 0 Å². The summed E-state index contributed by atoms with van der Waals surface area (Å²) < 4.78 is 10.9. The predicted octanol–water partition coefficient (Wildman–Crippen LogP) is -2.02. The Morgan fingerprint density at radius 3 is 2.86 bits per heavy atom. The molecule has 3 fully saturated rings. The third-order valence-electron chi connectivity index (χ3n) is 5.42. The lowest BCUT2D eigenvalue weighted by Crippen LogP contribution is -2.89. The number of methoxy groups -OCH3 is 1. The van der Waals surface area contributed by atoms with Crippen molar-refractivity contribution >= 4 is 5.97 Å². The molecule has 3 aliphatic rings. The van der Waals surface area contributed by atoms with E-state index in [2.05, 4.69) is 22.2 Å². The number of quaternary nitrogens is 1. The van der Waals surface area contributed by atoms with Gasteiger partial charge in [-0.15, -0.1) is 0 Å². The van der Waals surface area contributed by atoms with Crippen molar-refractivity contribution in [2.75, 3.05) is 40.5 Å². The van der Waals surface area contributed by atoms with Gasteiger partial charge in [-0.1, -0.05) is 0 Å². The second-order valence-corrected chi connectivity index (χ2v) is 6.78. The van der Waals surface area contributed by atoms with E-state index in [4.69, 9.17) is 9.47 Å². The number of likely N-dealkylation sites (N-methyl/N-ethyl adjacent to an activating group) is 1. The number of nitrogens with zero attached hydrogens (tertiary/aromatic N) is 2. The number of ether oxygens (including phenoxy) is 2. The van der Waals surface area contributed by atoms with Crippen LogP contribution in [0.3, 0.4) is 0 Å². The number of hydrogen-bond acceptors (Lipinski definition) is 6. The van der Waals surface area contributed by atoms with Gasteiger partial charge >= 0.3 is 5.97 Å². The van der Waals surface area contributed by atoms with Gasteiger partial charge in [0, 0.05) is 19.5 Å². The second kappa shape index (κ2) is 6.80. The zero-order valence-corrected chi connectivity index (χ0v) is 13.5. The number of hydrogen-bond donors (Lipinski definition) is 2. The average Bonchev–Trinajstić information content (AvgIpc) is 3.13. The summed E-state index contributed by atoms with van der Waals surface area (Å²) in [6.07, 6.45) is 2.75. The second-order valence-electron chi connectivity index (χ2n) is 6.78. The van der Waals surface area contributed by atoms with Crippen molar-refractivity contribution in [2.45, 2.75) is 49.6 Å². The lowest BCUT2D eigenvalue weighted by molar-refractivity contribution is -0.678. The summed E-state index contributed by atoms with van der Waals surface area (Å²) in [4.78, 5) is 16.8. The van der Waals surface area contributed by atoms with Crippen molar-refractivity contribution in [2.24, 2.45) is 0 Å². The molecule has 0 saturated carbocycles. The standard InChI is InChI=1S/C15H27N3O4/c1-17-9-16-12-5-13(15(20)21-2)18(7-14(12)17)6-10-3-4-11(8-19)22-10/h10-14,16,19H,3-9H2,1-2H3/p+1/t10?,11?,12?,13-,14?/m0/s1. The molecule has 0 amide bonds. The Morgan fingerprint density at radius 1 is 1.41 bits per heavy atom. The number of likely N-dealkylation sites (tertiary alicyclic amines) is 1. The molecule has 22 heavy (non-hydrogen) atoms. The lowest BCUT2D eigenvalue weighted by Gasteiger charge is -2.40. The first-order chi connectivity index (χ1) is 10.6. The number of carbonyl (C=O) groups is 1. The SMILES string of the molecule is COC(=O)[C@@H]1CC2[NH2+]CN(C)C2CN1CC1CCC(CO)O1. The van der Waals surface area contributed by atoms with Crippen molar-refractivity contribution in [3.05, 3.63) is 0 Å². The molecule has 0 radical (unpaired) electrons. The van der Waals surface area contributed by atoms with E-state index in [9.17, 15) is 9.90 Å². The van der Waals surface area contributed by atoms with Crippen LogP contribution < -0.4 is 5.32 Å². The minimum Gasteiger partial charge on any atom is -0.468 e. The number of aliphatic hydroxyl groups is 1. The van der Waals surface area contributed by atoms with Crippen LogP contribution in [0.1, 0.15) is 19.3 Å². The summed E-state index contributed by atoms with van der Waals surface area (Å²) in [5.74, 6) is -0.141. The fourth-order valence-corrected chi connectivity index (χ4v) is 4.12. The number of fused-ring (bicyclic) bond motifs is 1. The summed E-state index contributed by atoms with van der Waals surface area (Å²) in [5, 5.41) is 11.5. The molecule has 7 nitrogen and oxygen atoms in total. The number of carbonyl (C=O) groups excluding carboxylic acids is 1. The van der Waals surface area contributed by atoms with Crippen LogP contribution in [0, 0.1) is 0 Å². The van der Waals surface area contributed by atoms with Crippen molar-refractivity contribution in [1.82, 2.24) is 9.80 Å². The molecular formula is C15H28N3O4+. The van der Waals surface area contributed by atoms with Crippen LogP contribution in [-0.4, -0.2) is 91.7 Å². The monoisotopic (exact) mass is 314 g/mol. The molecule has 3 aliphatic heterocycles. The van der Waals surface area contributed by atoms with Crippen LogP contribution in [0.25, 0.3) is 0 Å². The van der Waals surface area contributed by atoms with Gasteiger partial charge in [-0.05, 0) is 19.9 Å². The third kappa shape index (κ3) is 3.14. The highest BCUT2D eigenvalue weighted by atomic mass is 16.5. The highest BCUT2D eigenvalue weighted by Crippen LogP contribution is 2.26. The Morgan fingerprint density at radius 2 is 2.18 bits per heavy atom. The van der Waals surface area contributed by atoms with Crippen LogP contribution in [0.2, 0.25) is 0 Å². The number of nitrogens with two attached hydrogens (primary N) is 1. The highest BCUT2D eigenvalue weighted by molar-refractivity contribution is 5.75. The first-order valence-corrected chi connectivity index (χ1v) is 8.24. The van der Waals surface area contributed by atoms with E-state index in [1.807, 2.05) is 0 Å². The molecule has 5 atom stereocenters. The minimum atomic E-state index is -0.175. The highest BCUT2D eigenvalue weighted by Gasteiger charge is 2.47. The van der Waals surface area contributed by atoms with Crippen LogP contribution in [0.15, 0.2) is 0 Å². The first-order valence-electron chi connectivity index (χ1n) is 8.24. The van der Waals surface area contributed by atoms with Gasteiger partial charge in [0.05, 0.1) is 32.0 Å². The lowest BCUT2D eigenvalue weighted by atomic mass is 9.93. The first kappa shape index (κ1) is 16.1. The van der Waals surface area contributed by atoms with Gasteiger partial charge in [-0.25, -0.2) is 4.90 Å². The molecule has 0 spiro atoms. The van der Waals surface area contributed by atoms with E-state index in [0.29, 0.717) is 12.1 Å². The topological polar surface area (TPSA) is 78.9 Å². The Bertz CT molecular complexity index is 408. The quantitative estimate of drug-likeness (QED) is 0.583. The Hall–Kier alpha value is -0.730. The molecule has 3 saturated heterocycles. The molecule has 3 N–H and O–H groups in total. The molecule has 0 aromatic rings. The molecule has 7 heteroatoms. The third-order valence-corrected chi connectivity index (χ3v) is 5.42. The van der Waals surface area contributed by atoms with Gasteiger partial charge in [-0.3, -0.25) is 9.69 Å². The molecule has 0 aromatic heterocycles. The van der Waals surface area contributed by atoms with Crippen LogP contribution in [0.5, 0.6) is 0 Å². The number of rotatable bonds is 4. The van der Waals surface area contributed by atoms with E-state index < -0.39 is 0 Å². The maximum absolute atomic E-state index is 12.2. The van der Waals surface area contributed by atoms with E-state index in [1.165, 1.54) is 7.11 Å². The number of piperidine rings is 1. The predicted molar refractivity (Wildman–Crippen MR) is 79.1 cm³/mol. The Kier molecular flexibility index (Phi) is 4.99. The zero-order valence-electron chi connectivity index (χ0n) is 13.5. The van der Waals surface area contributed by atoms with Crippen molar-refractivity contribution in [1.29, 1.82) is 0 Å². The van der Waals surface area contributed by atoms with Gasteiger partial charge < -0.3 is 19.9 Å². The summed E-state index contributed by atoms with van der Waals surface area (Å²) in [6, 6.07) is 0.779. The van der Waals surface area contributed by atoms with Gasteiger partial charge in [0.2, 0.25) is 0 Å². The zero-order chi connectivity index (χ0) is 15.7. The molecule has 3 heterocycles. The van der Waals surface area contributed by atoms with Crippen LogP contribution in [-0.2, 0) is 14.3 Å². The fourth-order valence-electron chi connectivity index (χ4n) is 4.12. The minimum absolute atomic E-state index is 0.0402. The van der Waals surface area contributed by atoms with Crippen LogP contribution in [0.4, 0.5) is 0 Å². The van der Waals surface area contributed by atoms with Crippen molar-refractivity contribution in [3.63, 3.8) is 0 Å². The molecule has 4 unspecified atom stereocenters. The smallest absolute Gasteiger partial charge is 0.323 e. The van der Waals surface area contributed by atoms with E-state index in [0.717, 1.165) is 39.0 Å². The molecule has 126 valence electrons. The molecule has 0 aromatic carbocycles. The number of aliphatic hydroxyl groups excluding tert-OH is 1. The maximum Gasteiger partial charge on any atom is 0.323 e. The Labute approximate surface area is 131 Å². The molecule has 3 rings (SSSR count). The van der Waals surface area contributed by atoms with Gasteiger partial charge in [0.25, 0.3) is 0 Å². The molecule has 0 bridgehead atoms. The van der Waals surface area contributed by atoms with Crippen molar-refractivity contribution in [3.8, 4) is 0 Å². The largest absolute Gasteiger partial charge is 0.468 e. The number of esters is 1. The normalized spacial score (nSPS) is 39.9. The van der Waals surface area contributed by atoms with E-state index in [-0.39, 0.29) is 30.8 Å². The van der Waals surface area contributed by atoms with Gasteiger partial charge in [0.15, 0.2) is 0 Å². The molecular weight excluding hydrogens is 286 g/mol. The summed E-state index contributed by atoms with van der Waals surface area (Å²) in [6.45, 7) is 2.69. The maximum atomic E-state index is 12.2. The van der Waals surface area contributed by atoms with E-state index in [1.54, 1.807) is 0 Å². The average molecular weight is 314 g/mol. The summed E-state index contributed by atoms with van der Waals surface area (Å²) >= 11 is 0. The van der Waals surface area contributed by atoms with Crippen molar-refractivity contribution < 1.29 is 24.7 Å². The summed E-state index contributed by atoms with van der Waals surface area (Å²) in [7, 11) is 3.61. The Balaban J connectivity index is 1.66. The van der Waals surface area contributed by atoms with Gasteiger partial charge in [-0.2, -0.15) is 0 Å². The molecule has 0 aliphatic carbocycles.